The van der Waals surface area contributed by atoms with Crippen molar-refractivity contribution in [1.82, 2.24) is 10.2 Å². The molecule has 17 heavy (non-hydrogen) atoms. The molecule has 102 valence electrons. The largest absolute Gasteiger partial charge is 0.401 e. The first-order valence-electron chi connectivity index (χ1n) is 6.10. The fourth-order valence-electron chi connectivity index (χ4n) is 2.14. The van der Waals surface area contributed by atoms with E-state index >= 15 is 0 Å². The molecule has 6 heteroatoms. The number of piperidine rings is 1. The van der Waals surface area contributed by atoms with Gasteiger partial charge in [-0.15, -0.1) is 0 Å². The smallest absolute Gasteiger partial charge is 0.395 e. The first-order valence-corrected chi connectivity index (χ1v) is 6.10. The average molecular weight is 254 g/mol. The molecule has 1 saturated heterocycles. The number of nitrogens with zero attached hydrogens (tertiary/aromatic N) is 1. The lowest BCUT2D eigenvalue weighted by atomic mass is 10.0. The highest BCUT2D eigenvalue weighted by atomic mass is 19.4. The summed E-state index contributed by atoms with van der Waals surface area (Å²) < 4.78 is 36.5. The van der Waals surface area contributed by atoms with Gasteiger partial charge >= 0.3 is 6.18 Å². The van der Waals surface area contributed by atoms with E-state index in [9.17, 15) is 13.2 Å². The van der Waals surface area contributed by atoms with Crippen LogP contribution in [0.2, 0.25) is 0 Å². The minimum Gasteiger partial charge on any atom is -0.395 e. The molecule has 1 aliphatic rings. The van der Waals surface area contributed by atoms with Gasteiger partial charge in [-0.1, -0.05) is 6.92 Å². The molecule has 2 N–H and O–H groups in total. The molecule has 0 radical (unpaired) electrons. The summed E-state index contributed by atoms with van der Waals surface area (Å²) in [6.07, 6.45) is -1.84. The first-order chi connectivity index (χ1) is 7.94. The summed E-state index contributed by atoms with van der Waals surface area (Å²) in [6.45, 7) is 2.20. The van der Waals surface area contributed by atoms with Gasteiger partial charge in [-0.3, -0.25) is 4.90 Å². The molecule has 0 amide bonds. The third kappa shape index (κ3) is 5.70. The Morgan fingerprint density at radius 3 is 2.35 bits per heavy atom. The van der Waals surface area contributed by atoms with Gasteiger partial charge in [0, 0.05) is 12.1 Å². The first kappa shape index (κ1) is 14.7. The highest BCUT2D eigenvalue weighted by Crippen LogP contribution is 2.20. The highest BCUT2D eigenvalue weighted by molar-refractivity contribution is 4.80. The number of halogens is 3. The molecule has 0 bridgehead atoms. The molecule has 0 aromatic carbocycles. The predicted molar refractivity (Wildman–Crippen MR) is 59.8 cm³/mol. The summed E-state index contributed by atoms with van der Waals surface area (Å²) >= 11 is 0. The standard InChI is InChI=1S/C11H21F3N2O/c1-2-9(7-17)15-10-3-5-16(6-4-10)8-11(12,13)14/h9-10,15,17H,2-8H2,1H3/t9-/m1/s1. The molecule has 1 heterocycles. The molecule has 0 spiro atoms. The van der Waals surface area contributed by atoms with Gasteiger partial charge in [-0.2, -0.15) is 13.2 Å². The van der Waals surface area contributed by atoms with Gasteiger partial charge < -0.3 is 10.4 Å². The fourth-order valence-corrected chi connectivity index (χ4v) is 2.14. The van der Waals surface area contributed by atoms with Gasteiger partial charge in [0.1, 0.15) is 0 Å². The summed E-state index contributed by atoms with van der Waals surface area (Å²) in [5, 5.41) is 12.3. The van der Waals surface area contributed by atoms with Gasteiger partial charge in [0.2, 0.25) is 0 Å². The van der Waals surface area contributed by atoms with Crippen molar-refractivity contribution in [3.63, 3.8) is 0 Å². The molecule has 0 aromatic rings. The van der Waals surface area contributed by atoms with Gasteiger partial charge in [0.05, 0.1) is 13.2 Å². The van der Waals surface area contributed by atoms with Crippen molar-refractivity contribution in [2.45, 2.75) is 44.4 Å². The number of aliphatic hydroxyl groups is 1. The number of aliphatic hydroxyl groups excluding tert-OH is 1. The second kappa shape index (κ2) is 6.56. The molecule has 1 aliphatic heterocycles. The van der Waals surface area contributed by atoms with Gasteiger partial charge in [-0.05, 0) is 32.4 Å². The third-order valence-corrected chi connectivity index (χ3v) is 3.18. The van der Waals surface area contributed by atoms with Crippen LogP contribution in [0.25, 0.3) is 0 Å². The number of hydrogen-bond acceptors (Lipinski definition) is 3. The van der Waals surface area contributed by atoms with Crippen molar-refractivity contribution in [2.24, 2.45) is 0 Å². The molecule has 0 saturated carbocycles. The molecule has 0 aromatic heterocycles. The van der Waals surface area contributed by atoms with E-state index in [1.807, 2.05) is 6.92 Å². The molecule has 1 fully saturated rings. The van der Waals surface area contributed by atoms with E-state index in [0.29, 0.717) is 25.9 Å². The maximum absolute atomic E-state index is 12.2. The number of hydrogen-bond donors (Lipinski definition) is 2. The Labute approximate surface area is 100.0 Å². The molecule has 0 aliphatic carbocycles. The van der Waals surface area contributed by atoms with Crippen molar-refractivity contribution in [3.8, 4) is 0 Å². The van der Waals surface area contributed by atoms with E-state index in [1.54, 1.807) is 0 Å². The SMILES string of the molecule is CC[C@H](CO)NC1CCN(CC(F)(F)F)CC1. The highest BCUT2D eigenvalue weighted by Gasteiger charge is 2.32. The van der Waals surface area contributed by atoms with Crippen LogP contribution in [0.5, 0.6) is 0 Å². The van der Waals surface area contributed by atoms with Crippen LogP contribution in [0, 0.1) is 0 Å². The third-order valence-electron chi connectivity index (χ3n) is 3.18. The van der Waals surface area contributed by atoms with Crippen LogP contribution in [0.15, 0.2) is 0 Å². The molecule has 3 nitrogen and oxygen atoms in total. The van der Waals surface area contributed by atoms with Gasteiger partial charge in [0.25, 0.3) is 0 Å². The van der Waals surface area contributed by atoms with Crippen LogP contribution in [0.1, 0.15) is 26.2 Å². The van der Waals surface area contributed by atoms with Gasteiger partial charge in [0.15, 0.2) is 0 Å². The van der Waals surface area contributed by atoms with Crippen LogP contribution >= 0.6 is 0 Å². The Kier molecular flexibility index (Phi) is 5.69. The lowest BCUT2D eigenvalue weighted by Crippen LogP contribution is -2.48. The molecular weight excluding hydrogens is 233 g/mol. The van der Waals surface area contributed by atoms with E-state index in [4.69, 9.17) is 5.11 Å². The number of alkyl halides is 3. The number of likely N-dealkylation sites (tertiary alicyclic amines) is 1. The summed E-state index contributed by atoms with van der Waals surface area (Å²) in [5.41, 5.74) is 0. The van der Waals surface area contributed by atoms with Crippen molar-refractivity contribution in [1.29, 1.82) is 0 Å². The van der Waals surface area contributed by atoms with E-state index in [2.05, 4.69) is 5.32 Å². The minimum atomic E-state index is -4.10. The Bertz CT molecular complexity index is 211. The lowest BCUT2D eigenvalue weighted by Gasteiger charge is -2.34. The predicted octanol–water partition coefficient (Wildman–Crippen LogP) is 1.37. The quantitative estimate of drug-likeness (QED) is 0.778. The minimum absolute atomic E-state index is 0.0640. The summed E-state index contributed by atoms with van der Waals surface area (Å²) in [7, 11) is 0. The van der Waals surface area contributed by atoms with Crippen molar-refractivity contribution in [2.75, 3.05) is 26.2 Å². The topological polar surface area (TPSA) is 35.5 Å². The normalized spacial score (nSPS) is 21.7. The monoisotopic (exact) mass is 254 g/mol. The Balaban J connectivity index is 2.26. The maximum Gasteiger partial charge on any atom is 0.401 e. The second-order valence-corrected chi connectivity index (χ2v) is 4.62. The summed E-state index contributed by atoms with van der Waals surface area (Å²) in [4.78, 5) is 1.44. The van der Waals surface area contributed by atoms with E-state index in [-0.39, 0.29) is 18.7 Å². The second-order valence-electron chi connectivity index (χ2n) is 4.62. The molecule has 1 atom stereocenters. The Morgan fingerprint density at radius 2 is 1.94 bits per heavy atom. The lowest BCUT2D eigenvalue weighted by molar-refractivity contribution is -0.148. The van der Waals surface area contributed by atoms with Crippen molar-refractivity contribution in [3.05, 3.63) is 0 Å². The molecular formula is C11H21F3N2O. The number of nitrogens with one attached hydrogen (secondary N) is 1. The number of rotatable bonds is 5. The molecule has 1 rings (SSSR count). The van der Waals surface area contributed by atoms with Crippen molar-refractivity contribution >= 4 is 0 Å². The van der Waals surface area contributed by atoms with E-state index in [1.165, 1.54) is 4.90 Å². The van der Waals surface area contributed by atoms with E-state index in [0.717, 1.165) is 6.42 Å². The van der Waals surface area contributed by atoms with Crippen molar-refractivity contribution < 1.29 is 18.3 Å². The van der Waals surface area contributed by atoms with Crippen LogP contribution in [0.4, 0.5) is 13.2 Å². The summed E-state index contributed by atoms with van der Waals surface area (Å²) in [6, 6.07) is 0.297. The van der Waals surface area contributed by atoms with Crippen LogP contribution < -0.4 is 5.32 Å². The zero-order valence-electron chi connectivity index (χ0n) is 10.1. The van der Waals surface area contributed by atoms with E-state index < -0.39 is 12.7 Å². The van der Waals surface area contributed by atoms with Crippen LogP contribution in [-0.4, -0.2) is 54.5 Å². The van der Waals surface area contributed by atoms with Crippen LogP contribution in [-0.2, 0) is 0 Å². The Hall–Kier alpha value is -0.330. The maximum atomic E-state index is 12.2. The fraction of sp³-hybridized carbons (Fsp3) is 1.00. The zero-order chi connectivity index (χ0) is 12.9. The van der Waals surface area contributed by atoms with Crippen LogP contribution in [0.3, 0.4) is 0 Å². The zero-order valence-corrected chi connectivity index (χ0v) is 10.1. The Morgan fingerprint density at radius 1 is 1.35 bits per heavy atom. The summed E-state index contributed by atoms with van der Waals surface area (Å²) in [5.74, 6) is 0. The average Bonchev–Trinajstić information content (AvgIpc) is 2.26. The molecule has 0 unspecified atom stereocenters. The van der Waals surface area contributed by atoms with Gasteiger partial charge in [-0.25, -0.2) is 0 Å².